The van der Waals surface area contributed by atoms with Crippen LogP contribution in [0, 0.1) is 0 Å². The molecule has 0 aliphatic carbocycles. The van der Waals surface area contributed by atoms with Crippen LogP contribution < -0.4 is 4.74 Å². The second kappa shape index (κ2) is 5.97. The Labute approximate surface area is 135 Å². The van der Waals surface area contributed by atoms with Gasteiger partial charge in [0.25, 0.3) is 0 Å². The van der Waals surface area contributed by atoms with E-state index in [9.17, 15) is 0 Å². The number of hydrogen-bond acceptors (Lipinski definition) is 4. The molecule has 0 radical (unpaired) electrons. The number of aromatic nitrogens is 2. The average molecular weight is 305 g/mol. The van der Waals surface area contributed by atoms with Crippen LogP contribution in [0.4, 0.5) is 0 Å². The Morgan fingerprint density at radius 2 is 1.96 bits per heavy atom. The molecule has 0 fully saturated rings. The van der Waals surface area contributed by atoms with E-state index < -0.39 is 0 Å². The topological polar surface area (TPSA) is 38.2 Å². The third-order valence-corrected chi connectivity index (χ3v) is 4.14. The van der Waals surface area contributed by atoms with Crippen LogP contribution in [-0.2, 0) is 19.5 Å². The summed E-state index contributed by atoms with van der Waals surface area (Å²) in [6, 6.07) is 14.5. The fourth-order valence-corrected chi connectivity index (χ4v) is 3.05. The first kappa shape index (κ1) is 14.2. The Hall–Kier alpha value is -2.46. The highest BCUT2D eigenvalue weighted by Crippen LogP contribution is 2.26. The van der Waals surface area contributed by atoms with Crippen LogP contribution in [0.1, 0.15) is 16.8 Å². The van der Waals surface area contributed by atoms with Gasteiger partial charge in [0.15, 0.2) is 0 Å². The molecule has 0 atom stereocenters. The standard InChI is InChI=1S/C19H19N3O/c1-22(12-14-6-7-19-15(10-14)8-9-23-19)13-16-11-20-17-4-2-3-5-18(17)21-16/h2-7,10-11H,8-9,12-13H2,1H3. The van der Waals surface area contributed by atoms with Crippen molar-refractivity contribution in [2.24, 2.45) is 0 Å². The number of hydrogen-bond donors (Lipinski definition) is 0. The van der Waals surface area contributed by atoms with Crippen molar-refractivity contribution >= 4 is 11.0 Å². The predicted molar refractivity (Wildman–Crippen MR) is 90.4 cm³/mol. The predicted octanol–water partition coefficient (Wildman–Crippen LogP) is 3.20. The normalized spacial score (nSPS) is 13.3. The van der Waals surface area contributed by atoms with Gasteiger partial charge >= 0.3 is 0 Å². The average Bonchev–Trinajstić information content (AvgIpc) is 3.02. The quantitative estimate of drug-likeness (QED) is 0.742. The molecular formula is C19H19N3O. The third-order valence-electron chi connectivity index (χ3n) is 4.14. The van der Waals surface area contributed by atoms with Gasteiger partial charge in [-0.15, -0.1) is 0 Å². The van der Waals surface area contributed by atoms with Crippen molar-refractivity contribution in [3.8, 4) is 5.75 Å². The molecule has 0 N–H and O–H groups in total. The molecule has 0 bridgehead atoms. The van der Waals surface area contributed by atoms with Gasteiger partial charge in [-0.05, 0) is 36.4 Å². The Kier molecular flexibility index (Phi) is 3.67. The summed E-state index contributed by atoms with van der Waals surface area (Å²) in [4.78, 5) is 11.4. The molecule has 116 valence electrons. The molecule has 0 amide bonds. The molecule has 0 unspecified atom stereocenters. The lowest BCUT2D eigenvalue weighted by atomic mass is 10.1. The molecule has 1 aromatic heterocycles. The van der Waals surface area contributed by atoms with Crippen molar-refractivity contribution in [2.75, 3.05) is 13.7 Å². The van der Waals surface area contributed by atoms with Crippen molar-refractivity contribution in [1.29, 1.82) is 0 Å². The van der Waals surface area contributed by atoms with Gasteiger partial charge < -0.3 is 4.74 Å². The first-order chi connectivity index (χ1) is 11.3. The van der Waals surface area contributed by atoms with Crippen molar-refractivity contribution in [1.82, 2.24) is 14.9 Å². The van der Waals surface area contributed by atoms with Crippen molar-refractivity contribution in [3.05, 3.63) is 65.5 Å². The third kappa shape index (κ3) is 3.03. The van der Waals surface area contributed by atoms with E-state index in [2.05, 4.69) is 35.1 Å². The highest BCUT2D eigenvalue weighted by Gasteiger charge is 2.13. The van der Waals surface area contributed by atoms with Crippen molar-refractivity contribution in [2.45, 2.75) is 19.5 Å². The zero-order valence-corrected chi connectivity index (χ0v) is 13.2. The van der Waals surface area contributed by atoms with Crippen LogP contribution in [0.3, 0.4) is 0 Å². The van der Waals surface area contributed by atoms with Gasteiger partial charge in [0.05, 0.1) is 29.5 Å². The smallest absolute Gasteiger partial charge is 0.122 e. The lowest BCUT2D eigenvalue weighted by Gasteiger charge is -2.16. The van der Waals surface area contributed by atoms with Gasteiger partial charge in [-0.1, -0.05) is 24.3 Å². The molecular weight excluding hydrogens is 286 g/mol. The Morgan fingerprint density at radius 1 is 1.09 bits per heavy atom. The molecule has 3 aromatic rings. The fraction of sp³-hybridized carbons (Fsp3) is 0.263. The zero-order valence-electron chi connectivity index (χ0n) is 13.2. The van der Waals surface area contributed by atoms with E-state index in [1.165, 1.54) is 11.1 Å². The van der Waals surface area contributed by atoms with Gasteiger partial charge in [0, 0.05) is 19.5 Å². The van der Waals surface area contributed by atoms with Crippen LogP contribution in [0.5, 0.6) is 5.75 Å². The molecule has 1 aliphatic rings. The number of benzene rings is 2. The lowest BCUT2D eigenvalue weighted by Crippen LogP contribution is -2.18. The highest BCUT2D eigenvalue weighted by molar-refractivity contribution is 5.73. The molecule has 0 spiro atoms. The molecule has 0 saturated heterocycles. The fourth-order valence-electron chi connectivity index (χ4n) is 3.05. The van der Waals surface area contributed by atoms with Crippen molar-refractivity contribution in [3.63, 3.8) is 0 Å². The molecule has 2 aromatic carbocycles. The summed E-state index contributed by atoms with van der Waals surface area (Å²) >= 11 is 0. The maximum atomic E-state index is 5.56. The molecule has 4 rings (SSSR count). The van der Waals surface area contributed by atoms with E-state index in [1.807, 2.05) is 30.5 Å². The Balaban J connectivity index is 1.47. The minimum absolute atomic E-state index is 0.783. The van der Waals surface area contributed by atoms with E-state index in [0.29, 0.717) is 0 Å². The van der Waals surface area contributed by atoms with Crippen LogP contribution in [-0.4, -0.2) is 28.5 Å². The SMILES string of the molecule is CN(Cc1ccc2c(c1)CCO2)Cc1cnc2ccccc2n1. The molecule has 1 aliphatic heterocycles. The number of fused-ring (bicyclic) bond motifs is 2. The summed E-state index contributed by atoms with van der Waals surface area (Å²) in [7, 11) is 2.11. The monoisotopic (exact) mass is 305 g/mol. The number of nitrogens with zero attached hydrogens (tertiary/aromatic N) is 3. The van der Waals surface area contributed by atoms with E-state index >= 15 is 0 Å². The Bertz CT molecular complexity index is 847. The highest BCUT2D eigenvalue weighted by atomic mass is 16.5. The number of ether oxygens (including phenoxy) is 1. The molecule has 0 saturated carbocycles. The van der Waals surface area contributed by atoms with Crippen molar-refractivity contribution < 1.29 is 4.74 Å². The van der Waals surface area contributed by atoms with E-state index in [4.69, 9.17) is 9.72 Å². The van der Waals surface area contributed by atoms with E-state index in [0.717, 1.165) is 48.6 Å². The van der Waals surface area contributed by atoms with Gasteiger partial charge in [-0.3, -0.25) is 9.88 Å². The van der Waals surface area contributed by atoms with Crippen LogP contribution >= 0.6 is 0 Å². The van der Waals surface area contributed by atoms with Crippen LogP contribution in [0.15, 0.2) is 48.7 Å². The number of para-hydroxylation sites is 2. The second-order valence-corrected chi connectivity index (χ2v) is 6.06. The van der Waals surface area contributed by atoms with Crippen LogP contribution in [0.2, 0.25) is 0 Å². The lowest BCUT2D eigenvalue weighted by molar-refractivity contribution is 0.315. The largest absolute Gasteiger partial charge is 0.493 e. The summed E-state index contributed by atoms with van der Waals surface area (Å²) in [5, 5.41) is 0. The summed E-state index contributed by atoms with van der Waals surface area (Å²) in [6.45, 7) is 2.48. The second-order valence-electron chi connectivity index (χ2n) is 6.06. The summed E-state index contributed by atoms with van der Waals surface area (Å²) in [6.07, 6.45) is 2.89. The molecule has 23 heavy (non-hydrogen) atoms. The van der Waals surface area contributed by atoms with Gasteiger partial charge in [0.2, 0.25) is 0 Å². The van der Waals surface area contributed by atoms with Crippen LogP contribution in [0.25, 0.3) is 11.0 Å². The minimum atomic E-state index is 0.783. The molecule has 2 heterocycles. The van der Waals surface area contributed by atoms with Gasteiger partial charge in [-0.25, -0.2) is 4.98 Å². The first-order valence-corrected chi connectivity index (χ1v) is 7.92. The van der Waals surface area contributed by atoms with Gasteiger partial charge in [0.1, 0.15) is 5.75 Å². The summed E-state index contributed by atoms with van der Waals surface area (Å²) in [5.74, 6) is 1.04. The number of rotatable bonds is 4. The van der Waals surface area contributed by atoms with E-state index in [1.54, 1.807) is 0 Å². The van der Waals surface area contributed by atoms with Gasteiger partial charge in [-0.2, -0.15) is 0 Å². The first-order valence-electron chi connectivity index (χ1n) is 7.92. The zero-order chi connectivity index (χ0) is 15.6. The summed E-state index contributed by atoms with van der Waals surface area (Å²) < 4.78 is 5.56. The maximum absolute atomic E-state index is 5.56. The maximum Gasteiger partial charge on any atom is 0.122 e. The minimum Gasteiger partial charge on any atom is -0.493 e. The van der Waals surface area contributed by atoms with E-state index in [-0.39, 0.29) is 0 Å². The molecule has 4 heteroatoms. The Morgan fingerprint density at radius 3 is 2.87 bits per heavy atom. The molecule has 4 nitrogen and oxygen atoms in total. The summed E-state index contributed by atoms with van der Waals surface area (Å²) in [5.41, 5.74) is 5.52.